The zero-order chi connectivity index (χ0) is 17.0. The molecule has 0 aliphatic heterocycles. The van der Waals surface area contributed by atoms with Gasteiger partial charge in [-0.05, 0) is 49.3 Å². The highest BCUT2D eigenvalue weighted by molar-refractivity contribution is 5.90. The van der Waals surface area contributed by atoms with E-state index in [0.29, 0.717) is 18.2 Å². The molecule has 0 bridgehead atoms. The van der Waals surface area contributed by atoms with Gasteiger partial charge in [-0.15, -0.1) is 5.10 Å². The molecule has 0 radical (unpaired) electrons. The quantitative estimate of drug-likeness (QED) is 0.796. The van der Waals surface area contributed by atoms with E-state index >= 15 is 0 Å². The summed E-state index contributed by atoms with van der Waals surface area (Å²) in [5.41, 5.74) is 4.15. The van der Waals surface area contributed by atoms with Crippen LogP contribution >= 0.6 is 0 Å². The molecule has 6 nitrogen and oxygen atoms in total. The van der Waals surface area contributed by atoms with Gasteiger partial charge in [-0.1, -0.05) is 24.3 Å². The van der Waals surface area contributed by atoms with Crippen LogP contribution in [0.2, 0.25) is 0 Å². The Labute approximate surface area is 145 Å². The molecule has 0 saturated heterocycles. The average Bonchev–Trinajstić information content (AvgIpc) is 2.97. The smallest absolute Gasteiger partial charge is 0.291 e. The van der Waals surface area contributed by atoms with Crippen molar-refractivity contribution >= 4 is 11.7 Å². The second-order valence-corrected chi connectivity index (χ2v) is 7.16. The molecule has 2 aromatic heterocycles. The second-order valence-electron chi connectivity index (χ2n) is 7.16. The van der Waals surface area contributed by atoms with Crippen molar-refractivity contribution in [2.24, 2.45) is 5.92 Å². The molecular weight excluding hydrogens is 314 g/mol. The molecule has 2 aliphatic carbocycles. The molecule has 1 fully saturated rings. The Bertz CT molecular complexity index is 994. The van der Waals surface area contributed by atoms with Crippen molar-refractivity contribution < 1.29 is 4.79 Å². The monoisotopic (exact) mass is 333 g/mol. The molecule has 1 saturated carbocycles. The molecule has 2 heterocycles. The van der Waals surface area contributed by atoms with Crippen LogP contribution in [-0.2, 0) is 11.8 Å². The van der Waals surface area contributed by atoms with Crippen molar-refractivity contribution in [2.45, 2.75) is 31.6 Å². The highest BCUT2D eigenvalue weighted by atomic mass is 16.2. The molecule has 25 heavy (non-hydrogen) atoms. The van der Waals surface area contributed by atoms with Gasteiger partial charge in [-0.2, -0.15) is 4.98 Å². The molecule has 6 heteroatoms. The maximum atomic E-state index is 12.4. The summed E-state index contributed by atoms with van der Waals surface area (Å²) in [6, 6.07) is 10.6. The number of nitrogens with zero attached hydrogens (tertiary/aromatic N) is 4. The van der Waals surface area contributed by atoms with Crippen LogP contribution < -0.4 is 5.32 Å². The highest BCUT2D eigenvalue weighted by Crippen LogP contribution is 2.61. The van der Waals surface area contributed by atoms with Crippen LogP contribution in [0, 0.1) is 12.8 Å². The zero-order valence-corrected chi connectivity index (χ0v) is 14.1. The number of aryl methyl sites for hydroxylation is 2. The van der Waals surface area contributed by atoms with E-state index in [1.807, 2.05) is 13.0 Å². The van der Waals surface area contributed by atoms with Gasteiger partial charge in [0.2, 0.25) is 5.82 Å². The van der Waals surface area contributed by atoms with Crippen molar-refractivity contribution in [1.82, 2.24) is 24.9 Å². The summed E-state index contributed by atoms with van der Waals surface area (Å²) in [5.74, 6) is 0.927. The lowest BCUT2D eigenvalue weighted by molar-refractivity contribution is 0.0940. The minimum Gasteiger partial charge on any atom is -0.349 e. The van der Waals surface area contributed by atoms with Crippen LogP contribution in [0.4, 0.5) is 0 Å². The van der Waals surface area contributed by atoms with Gasteiger partial charge < -0.3 is 5.32 Å². The summed E-state index contributed by atoms with van der Waals surface area (Å²) in [6.45, 7) is 2.59. The summed E-state index contributed by atoms with van der Waals surface area (Å²) >= 11 is 0. The molecule has 1 amide bonds. The van der Waals surface area contributed by atoms with Gasteiger partial charge >= 0.3 is 0 Å². The van der Waals surface area contributed by atoms with E-state index < -0.39 is 0 Å². The minimum absolute atomic E-state index is 0.184. The first-order valence-corrected chi connectivity index (χ1v) is 8.72. The van der Waals surface area contributed by atoms with Crippen LogP contribution in [0.5, 0.6) is 0 Å². The molecule has 5 rings (SSSR count). The Kier molecular flexibility index (Phi) is 2.98. The Hall–Kier alpha value is -2.76. The number of hydrogen-bond donors (Lipinski definition) is 1. The second kappa shape index (κ2) is 5.12. The van der Waals surface area contributed by atoms with Gasteiger partial charge in [0.05, 0.1) is 0 Å². The number of nitrogens with one attached hydrogen (secondary N) is 1. The lowest BCUT2D eigenvalue weighted by atomic mass is 9.95. The van der Waals surface area contributed by atoms with Crippen molar-refractivity contribution in [3.8, 4) is 0 Å². The van der Waals surface area contributed by atoms with E-state index in [2.05, 4.69) is 44.6 Å². The van der Waals surface area contributed by atoms with Crippen LogP contribution in [0.15, 0.2) is 36.5 Å². The van der Waals surface area contributed by atoms with E-state index in [1.165, 1.54) is 17.5 Å². The normalized spacial score (nSPS) is 23.8. The van der Waals surface area contributed by atoms with Crippen molar-refractivity contribution in [3.63, 3.8) is 0 Å². The molecule has 1 spiro atoms. The fraction of sp³-hybridized carbons (Fsp3) is 0.368. The molecule has 0 unspecified atom stereocenters. The topological polar surface area (TPSA) is 72.2 Å². The molecule has 126 valence electrons. The highest BCUT2D eigenvalue weighted by Gasteiger charge is 2.57. The van der Waals surface area contributed by atoms with Crippen LogP contribution in [0.25, 0.3) is 5.78 Å². The molecule has 1 aromatic carbocycles. The maximum absolute atomic E-state index is 12.4. The molecule has 2 aliphatic rings. The number of fused-ring (bicyclic) bond motifs is 3. The van der Waals surface area contributed by atoms with E-state index in [1.54, 1.807) is 10.7 Å². The van der Waals surface area contributed by atoms with Gasteiger partial charge in [-0.25, -0.2) is 9.50 Å². The number of carbonyl (C=O) groups is 1. The summed E-state index contributed by atoms with van der Waals surface area (Å²) in [7, 11) is 0. The average molecular weight is 333 g/mol. The summed E-state index contributed by atoms with van der Waals surface area (Å²) in [4.78, 5) is 20.8. The lowest BCUT2D eigenvalue weighted by Crippen LogP contribution is -2.28. The van der Waals surface area contributed by atoms with E-state index in [0.717, 1.165) is 18.5 Å². The van der Waals surface area contributed by atoms with Crippen molar-refractivity contribution in [2.75, 3.05) is 6.54 Å². The van der Waals surface area contributed by atoms with Gasteiger partial charge in [0.15, 0.2) is 0 Å². The third-order valence-corrected chi connectivity index (χ3v) is 5.77. The Morgan fingerprint density at radius 1 is 1.36 bits per heavy atom. The summed E-state index contributed by atoms with van der Waals surface area (Å²) in [5, 5.41) is 7.28. The summed E-state index contributed by atoms with van der Waals surface area (Å²) < 4.78 is 1.60. The number of carbonyl (C=O) groups excluding carboxylic acids is 1. The van der Waals surface area contributed by atoms with Gasteiger partial charge in [0.25, 0.3) is 11.7 Å². The zero-order valence-electron chi connectivity index (χ0n) is 14.1. The van der Waals surface area contributed by atoms with Crippen LogP contribution in [0.3, 0.4) is 0 Å². The minimum atomic E-state index is -0.224. The third kappa shape index (κ3) is 2.17. The summed E-state index contributed by atoms with van der Waals surface area (Å²) in [6.07, 6.45) is 5.18. The predicted octanol–water partition coefficient (Wildman–Crippen LogP) is 2.07. The Morgan fingerprint density at radius 2 is 2.24 bits per heavy atom. The maximum Gasteiger partial charge on any atom is 0.291 e. The fourth-order valence-electron chi connectivity index (χ4n) is 4.30. The third-order valence-electron chi connectivity index (χ3n) is 5.77. The van der Waals surface area contributed by atoms with Crippen LogP contribution in [0.1, 0.15) is 40.3 Å². The van der Waals surface area contributed by atoms with Gasteiger partial charge in [0, 0.05) is 23.9 Å². The van der Waals surface area contributed by atoms with Gasteiger partial charge in [-0.3, -0.25) is 4.79 Å². The molecule has 1 N–H and O–H groups in total. The molecule has 3 aromatic rings. The first-order chi connectivity index (χ1) is 12.2. The van der Waals surface area contributed by atoms with Gasteiger partial charge in [0.1, 0.15) is 0 Å². The Morgan fingerprint density at radius 3 is 3.12 bits per heavy atom. The number of amides is 1. The Balaban J connectivity index is 1.29. The first-order valence-electron chi connectivity index (χ1n) is 8.72. The molecular formula is C19H19N5O. The number of rotatable bonds is 3. The van der Waals surface area contributed by atoms with Crippen molar-refractivity contribution in [3.05, 3.63) is 59.2 Å². The fourth-order valence-corrected chi connectivity index (χ4v) is 4.30. The van der Waals surface area contributed by atoms with E-state index in [9.17, 15) is 4.79 Å². The SMILES string of the molecule is Cc1ccnc2nc(C(=O)NC[C@H]3C[C@@]34CCc3ccccc34)nn12. The van der Waals surface area contributed by atoms with Crippen molar-refractivity contribution in [1.29, 1.82) is 0 Å². The number of aromatic nitrogens is 4. The van der Waals surface area contributed by atoms with Crippen LogP contribution in [-0.4, -0.2) is 32.0 Å². The number of benzene rings is 1. The lowest BCUT2D eigenvalue weighted by Gasteiger charge is -2.11. The largest absolute Gasteiger partial charge is 0.349 e. The first kappa shape index (κ1) is 14.6. The van der Waals surface area contributed by atoms with E-state index in [-0.39, 0.29) is 17.1 Å². The standard InChI is InChI=1S/C19H19N5O/c1-12-7-9-20-18-22-16(23-24(12)18)17(25)21-11-14-10-19(14)8-6-13-4-2-3-5-15(13)19/h2-5,7,9,14H,6,8,10-11H2,1H3,(H,21,25)/t14-,19+/m1/s1. The van der Waals surface area contributed by atoms with E-state index in [4.69, 9.17) is 0 Å². The molecule has 2 atom stereocenters. The predicted molar refractivity (Wildman–Crippen MR) is 92.4 cm³/mol. The number of hydrogen-bond acceptors (Lipinski definition) is 4.